The molecule has 0 aliphatic carbocycles. The van der Waals surface area contributed by atoms with Crippen LogP contribution in [0.25, 0.3) is 0 Å². The van der Waals surface area contributed by atoms with Gasteiger partial charge in [0.15, 0.2) is 0 Å². The third-order valence-corrected chi connectivity index (χ3v) is 3.44. The molecule has 1 N–H and O–H groups in total. The zero-order valence-electron chi connectivity index (χ0n) is 9.97. The second kappa shape index (κ2) is 5.46. The highest BCUT2D eigenvalue weighted by atomic mass is 16.3. The van der Waals surface area contributed by atoms with Gasteiger partial charge in [0.2, 0.25) is 0 Å². The van der Waals surface area contributed by atoms with Crippen LogP contribution >= 0.6 is 0 Å². The number of hydrogen-bond acceptors (Lipinski definition) is 2. The Balaban J connectivity index is 1.72. The molecule has 1 aromatic rings. The summed E-state index contributed by atoms with van der Waals surface area (Å²) >= 11 is 0. The zero-order valence-corrected chi connectivity index (χ0v) is 9.97. The lowest BCUT2D eigenvalue weighted by Gasteiger charge is -2.20. The fourth-order valence-electron chi connectivity index (χ4n) is 2.51. The number of aliphatic hydroxyl groups is 1. The molecular weight excluding hydrogens is 198 g/mol. The molecule has 0 radical (unpaired) electrons. The molecule has 16 heavy (non-hydrogen) atoms. The maximum absolute atomic E-state index is 9.54. The molecule has 2 atom stereocenters. The summed E-state index contributed by atoms with van der Waals surface area (Å²) in [4.78, 5) is 2.40. The number of aryl methyl sites for hydroxylation is 1. The summed E-state index contributed by atoms with van der Waals surface area (Å²) in [6.45, 7) is 4.17. The van der Waals surface area contributed by atoms with Gasteiger partial charge in [-0.25, -0.2) is 0 Å². The maximum Gasteiger partial charge on any atom is 0.0682 e. The third kappa shape index (κ3) is 3.06. The number of benzene rings is 1. The Morgan fingerprint density at radius 2 is 2.06 bits per heavy atom. The normalized spacial score (nSPS) is 26.1. The van der Waals surface area contributed by atoms with E-state index < -0.39 is 0 Å². The highest BCUT2D eigenvalue weighted by molar-refractivity contribution is 5.14. The van der Waals surface area contributed by atoms with Gasteiger partial charge in [-0.05, 0) is 38.3 Å². The second-order valence-electron chi connectivity index (χ2n) is 4.82. The Kier molecular flexibility index (Phi) is 3.97. The molecule has 2 rings (SSSR count). The number of likely N-dealkylation sites (tertiary alicyclic amines) is 1. The van der Waals surface area contributed by atoms with Crippen LogP contribution in [0.4, 0.5) is 0 Å². The Labute approximate surface area is 97.9 Å². The van der Waals surface area contributed by atoms with Crippen molar-refractivity contribution < 1.29 is 5.11 Å². The van der Waals surface area contributed by atoms with Crippen LogP contribution in [-0.4, -0.2) is 35.2 Å². The van der Waals surface area contributed by atoms with Gasteiger partial charge in [0, 0.05) is 12.6 Å². The van der Waals surface area contributed by atoms with E-state index in [9.17, 15) is 5.11 Å². The monoisotopic (exact) mass is 219 g/mol. The lowest BCUT2D eigenvalue weighted by atomic mass is 10.1. The predicted molar refractivity (Wildman–Crippen MR) is 66.4 cm³/mol. The second-order valence-corrected chi connectivity index (χ2v) is 4.82. The first kappa shape index (κ1) is 11.6. The maximum atomic E-state index is 9.54. The molecule has 0 saturated carbocycles. The van der Waals surface area contributed by atoms with Crippen LogP contribution in [0.5, 0.6) is 0 Å². The number of rotatable bonds is 4. The van der Waals surface area contributed by atoms with Gasteiger partial charge in [-0.3, -0.25) is 4.90 Å². The smallest absolute Gasteiger partial charge is 0.0682 e. The Morgan fingerprint density at radius 3 is 2.69 bits per heavy atom. The molecule has 0 spiro atoms. The SMILES string of the molecule is CC1CC(O)CN1CCCc1ccccc1. The van der Waals surface area contributed by atoms with Crippen molar-refractivity contribution in [3.8, 4) is 0 Å². The molecule has 1 aliphatic rings. The van der Waals surface area contributed by atoms with E-state index in [1.807, 2.05) is 0 Å². The van der Waals surface area contributed by atoms with E-state index in [-0.39, 0.29) is 6.10 Å². The van der Waals surface area contributed by atoms with Crippen molar-refractivity contribution in [1.29, 1.82) is 0 Å². The highest BCUT2D eigenvalue weighted by Crippen LogP contribution is 2.17. The van der Waals surface area contributed by atoms with Crippen LogP contribution in [0.15, 0.2) is 30.3 Å². The van der Waals surface area contributed by atoms with Crippen LogP contribution in [-0.2, 0) is 6.42 Å². The molecule has 1 aromatic carbocycles. The molecule has 0 amide bonds. The minimum Gasteiger partial charge on any atom is -0.392 e. The summed E-state index contributed by atoms with van der Waals surface area (Å²) < 4.78 is 0. The van der Waals surface area contributed by atoms with Gasteiger partial charge in [0.1, 0.15) is 0 Å². The van der Waals surface area contributed by atoms with E-state index in [1.165, 1.54) is 12.0 Å². The third-order valence-electron chi connectivity index (χ3n) is 3.44. The Bertz CT molecular complexity index is 312. The van der Waals surface area contributed by atoms with Crippen molar-refractivity contribution in [1.82, 2.24) is 4.90 Å². The number of nitrogens with zero attached hydrogens (tertiary/aromatic N) is 1. The molecule has 1 saturated heterocycles. The van der Waals surface area contributed by atoms with E-state index >= 15 is 0 Å². The summed E-state index contributed by atoms with van der Waals surface area (Å²) in [6.07, 6.45) is 3.15. The summed E-state index contributed by atoms with van der Waals surface area (Å²) in [7, 11) is 0. The van der Waals surface area contributed by atoms with Crippen molar-refractivity contribution in [2.75, 3.05) is 13.1 Å². The standard InChI is InChI=1S/C14H21NO/c1-12-10-14(16)11-15(12)9-5-8-13-6-3-2-4-7-13/h2-4,6-7,12,14,16H,5,8-11H2,1H3. The minimum atomic E-state index is -0.105. The fourth-order valence-corrected chi connectivity index (χ4v) is 2.51. The van der Waals surface area contributed by atoms with Crippen LogP contribution in [0.2, 0.25) is 0 Å². The summed E-state index contributed by atoms with van der Waals surface area (Å²) in [6, 6.07) is 11.2. The minimum absolute atomic E-state index is 0.105. The Hall–Kier alpha value is -0.860. The first-order valence-electron chi connectivity index (χ1n) is 6.22. The molecule has 2 heteroatoms. The van der Waals surface area contributed by atoms with Crippen LogP contribution in [0, 0.1) is 0 Å². The zero-order chi connectivity index (χ0) is 11.4. The Morgan fingerprint density at radius 1 is 1.31 bits per heavy atom. The van der Waals surface area contributed by atoms with Crippen LogP contribution in [0.3, 0.4) is 0 Å². The number of aliphatic hydroxyl groups excluding tert-OH is 1. The van der Waals surface area contributed by atoms with E-state index in [4.69, 9.17) is 0 Å². The van der Waals surface area contributed by atoms with Gasteiger partial charge < -0.3 is 5.11 Å². The molecule has 1 fully saturated rings. The quantitative estimate of drug-likeness (QED) is 0.838. The predicted octanol–water partition coefficient (Wildman–Crippen LogP) is 2.07. The summed E-state index contributed by atoms with van der Waals surface area (Å²) in [5.74, 6) is 0. The van der Waals surface area contributed by atoms with Gasteiger partial charge in [-0.15, -0.1) is 0 Å². The summed E-state index contributed by atoms with van der Waals surface area (Å²) in [5.41, 5.74) is 1.41. The first-order chi connectivity index (χ1) is 7.75. The molecule has 1 heterocycles. The van der Waals surface area contributed by atoms with Gasteiger partial charge in [0.25, 0.3) is 0 Å². The largest absolute Gasteiger partial charge is 0.392 e. The van der Waals surface area contributed by atoms with E-state index in [1.54, 1.807) is 0 Å². The van der Waals surface area contributed by atoms with Crippen molar-refractivity contribution >= 4 is 0 Å². The summed E-state index contributed by atoms with van der Waals surface area (Å²) in [5, 5.41) is 9.54. The number of hydrogen-bond donors (Lipinski definition) is 1. The van der Waals surface area contributed by atoms with E-state index in [0.29, 0.717) is 6.04 Å². The van der Waals surface area contributed by atoms with Crippen molar-refractivity contribution in [2.45, 2.75) is 38.3 Å². The van der Waals surface area contributed by atoms with E-state index in [0.717, 1.165) is 25.9 Å². The molecule has 0 bridgehead atoms. The molecule has 2 nitrogen and oxygen atoms in total. The molecule has 1 aliphatic heterocycles. The van der Waals surface area contributed by atoms with Crippen molar-refractivity contribution in [3.05, 3.63) is 35.9 Å². The average molecular weight is 219 g/mol. The van der Waals surface area contributed by atoms with Crippen molar-refractivity contribution in [3.63, 3.8) is 0 Å². The van der Waals surface area contributed by atoms with E-state index in [2.05, 4.69) is 42.2 Å². The number of β-amino-alcohol motifs (C(OH)–C–C–N with tert-alkyl or cyclic N) is 1. The lowest BCUT2D eigenvalue weighted by molar-refractivity contribution is 0.175. The average Bonchev–Trinajstić information content (AvgIpc) is 2.59. The van der Waals surface area contributed by atoms with Crippen LogP contribution in [0.1, 0.15) is 25.3 Å². The van der Waals surface area contributed by atoms with Gasteiger partial charge in [-0.1, -0.05) is 30.3 Å². The highest BCUT2D eigenvalue weighted by Gasteiger charge is 2.26. The lowest BCUT2D eigenvalue weighted by Crippen LogP contribution is -2.29. The molecule has 0 aromatic heterocycles. The first-order valence-corrected chi connectivity index (χ1v) is 6.22. The molecule has 88 valence electrons. The van der Waals surface area contributed by atoms with Gasteiger partial charge in [0.05, 0.1) is 6.10 Å². The van der Waals surface area contributed by atoms with Gasteiger partial charge >= 0.3 is 0 Å². The molecule has 2 unspecified atom stereocenters. The van der Waals surface area contributed by atoms with Gasteiger partial charge in [-0.2, -0.15) is 0 Å². The van der Waals surface area contributed by atoms with Crippen molar-refractivity contribution in [2.24, 2.45) is 0 Å². The molecular formula is C14H21NO. The fraction of sp³-hybridized carbons (Fsp3) is 0.571. The topological polar surface area (TPSA) is 23.5 Å². The van der Waals surface area contributed by atoms with Crippen LogP contribution < -0.4 is 0 Å².